The molecule has 2 aromatic rings. The second-order valence-electron chi connectivity index (χ2n) is 4.24. The third-order valence-electron chi connectivity index (χ3n) is 2.95. The molecule has 2 aromatic heterocycles. The Morgan fingerprint density at radius 1 is 1.53 bits per heavy atom. The Labute approximate surface area is 111 Å². The summed E-state index contributed by atoms with van der Waals surface area (Å²) >= 11 is 0. The summed E-state index contributed by atoms with van der Waals surface area (Å²) in [6.07, 6.45) is 1.75. The average Bonchev–Trinajstić information content (AvgIpc) is 3.04. The zero-order chi connectivity index (χ0) is 13.8. The fraction of sp³-hybridized carbons (Fsp3) is 0.385. The summed E-state index contributed by atoms with van der Waals surface area (Å²) in [7, 11) is 3.22. The van der Waals surface area contributed by atoms with Crippen molar-refractivity contribution in [2.45, 2.75) is 19.5 Å². The number of hydrogen-bond donors (Lipinski definition) is 1. The largest absolute Gasteiger partial charge is 0.463 e. The molecule has 2 rings (SSSR count). The predicted molar refractivity (Wildman–Crippen MR) is 68.5 cm³/mol. The van der Waals surface area contributed by atoms with Crippen LogP contribution in [0.2, 0.25) is 0 Å². The van der Waals surface area contributed by atoms with E-state index in [4.69, 9.17) is 4.42 Å². The van der Waals surface area contributed by atoms with Crippen LogP contribution in [0, 0.1) is 0 Å². The van der Waals surface area contributed by atoms with E-state index >= 15 is 0 Å². The minimum Gasteiger partial charge on any atom is -0.463 e. The van der Waals surface area contributed by atoms with Crippen molar-refractivity contribution < 1.29 is 13.9 Å². The van der Waals surface area contributed by atoms with Gasteiger partial charge in [0.05, 0.1) is 18.8 Å². The predicted octanol–water partition coefficient (Wildman–Crippen LogP) is 1.65. The average molecular weight is 263 g/mol. The number of methoxy groups -OCH3 is 1. The van der Waals surface area contributed by atoms with Gasteiger partial charge < -0.3 is 14.5 Å². The molecule has 0 saturated heterocycles. The smallest absolute Gasteiger partial charge is 0.373 e. The number of carbonyl (C=O) groups excluding carboxylic acids is 1. The number of nitrogens with one attached hydrogen (secondary N) is 1. The van der Waals surface area contributed by atoms with Crippen LogP contribution < -0.4 is 5.32 Å². The van der Waals surface area contributed by atoms with Crippen molar-refractivity contribution in [1.29, 1.82) is 0 Å². The second-order valence-corrected chi connectivity index (χ2v) is 4.24. The maximum absolute atomic E-state index is 11.3. The van der Waals surface area contributed by atoms with Crippen LogP contribution in [0.3, 0.4) is 0 Å². The van der Waals surface area contributed by atoms with Crippen LogP contribution >= 0.6 is 0 Å². The highest BCUT2D eigenvalue weighted by Gasteiger charge is 2.15. The highest BCUT2D eigenvalue weighted by atomic mass is 16.5. The Hall–Kier alpha value is -2.08. The van der Waals surface area contributed by atoms with E-state index in [0.29, 0.717) is 12.3 Å². The molecule has 0 aromatic carbocycles. The lowest BCUT2D eigenvalue weighted by atomic mass is 10.2. The lowest BCUT2D eigenvalue weighted by Crippen LogP contribution is -2.19. The molecule has 1 atom stereocenters. The number of carbonyl (C=O) groups is 1. The summed E-state index contributed by atoms with van der Waals surface area (Å²) in [4.78, 5) is 11.3. The molecule has 6 nitrogen and oxygen atoms in total. The molecule has 0 aliphatic heterocycles. The number of aryl methyl sites for hydroxylation is 1. The quantitative estimate of drug-likeness (QED) is 0.831. The highest BCUT2D eigenvalue weighted by Crippen LogP contribution is 2.17. The van der Waals surface area contributed by atoms with Crippen molar-refractivity contribution in [3.05, 3.63) is 41.6 Å². The Morgan fingerprint density at radius 2 is 2.32 bits per heavy atom. The van der Waals surface area contributed by atoms with Crippen LogP contribution in [-0.4, -0.2) is 22.9 Å². The fourth-order valence-electron chi connectivity index (χ4n) is 1.73. The molecule has 0 radical (unpaired) electrons. The Bertz CT molecular complexity index is 559. The van der Waals surface area contributed by atoms with Crippen molar-refractivity contribution in [3.63, 3.8) is 0 Å². The van der Waals surface area contributed by atoms with E-state index in [2.05, 4.69) is 15.2 Å². The van der Waals surface area contributed by atoms with Crippen LogP contribution in [0.1, 0.15) is 35.0 Å². The third kappa shape index (κ3) is 3.03. The number of furan rings is 1. The van der Waals surface area contributed by atoms with Crippen LogP contribution in [0.5, 0.6) is 0 Å². The third-order valence-corrected chi connectivity index (χ3v) is 2.95. The molecule has 0 bridgehead atoms. The molecule has 6 heteroatoms. The lowest BCUT2D eigenvalue weighted by molar-refractivity contribution is 0.0562. The normalized spacial score (nSPS) is 12.4. The van der Waals surface area contributed by atoms with Gasteiger partial charge in [-0.1, -0.05) is 0 Å². The van der Waals surface area contributed by atoms with E-state index in [-0.39, 0.29) is 11.8 Å². The molecule has 1 N–H and O–H groups in total. The summed E-state index contributed by atoms with van der Waals surface area (Å²) in [6, 6.07) is 5.33. The first kappa shape index (κ1) is 13.4. The number of nitrogens with zero attached hydrogens (tertiary/aromatic N) is 2. The number of esters is 1. The molecule has 0 aliphatic carbocycles. The van der Waals surface area contributed by atoms with E-state index in [1.165, 1.54) is 7.11 Å². The van der Waals surface area contributed by atoms with Gasteiger partial charge in [0.25, 0.3) is 0 Å². The molecule has 1 unspecified atom stereocenters. The molecule has 0 amide bonds. The topological polar surface area (TPSA) is 69.3 Å². The van der Waals surface area contributed by atoms with E-state index in [1.54, 1.807) is 18.3 Å². The zero-order valence-electron chi connectivity index (χ0n) is 11.2. The number of ether oxygens (including phenoxy) is 1. The molecule has 0 spiro atoms. The van der Waals surface area contributed by atoms with Crippen LogP contribution in [-0.2, 0) is 18.3 Å². The van der Waals surface area contributed by atoms with Gasteiger partial charge in [0, 0.05) is 19.8 Å². The minimum atomic E-state index is -0.468. The highest BCUT2D eigenvalue weighted by molar-refractivity contribution is 5.86. The van der Waals surface area contributed by atoms with Gasteiger partial charge in [-0.3, -0.25) is 4.68 Å². The molecular weight excluding hydrogens is 246 g/mol. The molecule has 102 valence electrons. The first-order valence-corrected chi connectivity index (χ1v) is 6.00. The number of hydrogen-bond acceptors (Lipinski definition) is 5. The monoisotopic (exact) mass is 263 g/mol. The molecule has 0 fully saturated rings. The van der Waals surface area contributed by atoms with E-state index in [0.717, 1.165) is 5.69 Å². The molecule has 2 heterocycles. The summed E-state index contributed by atoms with van der Waals surface area (Å²) in [5.74, 6) is 0.444. The summed E-state index contributed by atoms with van der Waals surface area (Å²) in [6.45, 7) is 2.64. The van der Waals surface area contributed by atoms with Crippen molar-refractivity contribution in [1.82, 2.24) is 15.1 Å². The van der Waals surface area contributed by atoms with E-state index in [9.17, 15) is 4.79 Å². The van der Waals surface area contributed by atoms with Gasteiger partial charge >= 0.3 is 5.97 Å². The van der Waals surface area contributed by atoms with Crippen molar-refractivity contribution in [2.75, 3.05) is 7.11 Å². The molecule has 0 aliphatic rings. The minimum absolute atomic E-state index is 0.00620. The van der Waals surface area contributed by atoms with Crippen LogP contribution in [0.25, 0.3) is 0 Å². The molecule has 19 heavy (non-hydrogen) atoms. The van der Waals surface area contributed by atoms with Crippen LogP contribution in [0.15, 0.2) is 28.8 Å². The van der Waals surface area contributed by atoms with Crippen molar-refractivity contribution >= 4 is 5.97 Å². The standard InChI is InChI=1S/C13H17N3O3/c1-9(14-8-10-6-7-15-16(10)2)11-4-5-12(19-11)13(17)18-3/h4-7,9,14H,8H2,1-3H3. The summed E-state index contributed by atoms with van der Waals surface area (Å²) in [5.41, 5.74) is 1.08. The first-order valence-electron chi connectivity index (χ1n) is 6.00. The number of rotatable bonds is 5. The lowest BCUT2D eigenvalue weighted by Gasteiger charge is -2.11. The van der Waals surface area contributed by atoms with Crippen molar-refractivity contribution in [3.8, 4) is 0 Å². The Kier molecular flexibility index (Phi) is 4.01. The first-order chi connectivity index (χ1) is 9.11. The van der Waals surface area contributed by atoms with Gasteiger partial charge in [0.2, 0.25) is 5.76 Å². The molecular formula is C13H17N3O3. The van der Waals surface area contributed by atoms with Gasteiger partial charge in [-0.15, -0.1) is 0 Å². The van der Waals surface area contributed by atoms with Gasteiger partial charge in [-0.05, 0) is 25.1 Å². The maximum atomic E-state index is 11.3. The maximum Gasteiger partial charge on any atom is 0.373 e. The van der Waals surface area contributed by atoms with E-state index in [1.807, 2.05) is 24.7 Å². The Morgan fingerprint density at radius 3 is 2.95 bits per heavy atom. The van der Waals surface area contributed by atoms with Crippen LogP contribution in [0.4, 0.5) is 0 Å². The van der Waals surface area contributed by atoms with Crippen molar-refractivity contribution in [2.24, 2.45) is 7.05 Å². The van der Waals surface area contributed by atoms with Gasteiger partial charge in [-0.2, -0.15) is 5.10 Å². The van der Waals surface area contributed by atoms with Gasteiger partial charge in [0.1, 0.15) is 5.76 Å². The number of aromatic nitrogens is 2. The fourth-order valence-corrected chi connectivity index (χ4v) is 1.73. The summed E-state index contributed by atoms with van der Waals surface area (Å²) < 4.78 is 11.8. The second kappa shape index (κ2) is 5.71. The molecule has 0 saturated carbocycles. The van der Waals surface area contributed by atoms with Gasteiger partial charge in [0.15, 0.2) is 0 Å². The Balaban J connectivity index is 1.96. The zero-order valence-corrected chi connectivity index (χ0v) is 11.2. The SMILES string of the molecule is COC(=O)c1ccc(C(C)NCc2ccnn2C)o1. The van der Waals surface area contributed by atoms with Gasteiger partial charge in [-0.25, -0.2) is 4.79 Å². The summed E-state index contributed by atoms with van der Waals surface area (Å²) in [5, 5.41) is 7.40. The van der Waals surface area contributed by atoms with E-state index < -0.39 is 5.97 Å².